The molecule has 3 nitrogen and oxygen atoms in total. The minimum absolute atomic E-state index is 0.277. The van der Waals surface area contributed by atoms with E-state index in [1.54, 1.807) is 16.4 Å². The Morgan fingerprint density at radius 3 is 2.11 bits per heavy atom. The van der Waals surface area contributed by atoms with Crippen LogP contribution >= 0.6 is 0 Å². The molecule has 2 unspecified atom stereocenters. The van der Waals surface area contributed by atoms with Gasteiger partial charge in [0.25, 0.3) is 0 Å². The van der Waals surface area contributed by atoms with Crippen molar-refractivity contribution >= 4 is 10.0 Å². The van der Waals surface area contributed by atoms with Gasteiger partial charge >= 0.3 is 0 Å². The van der Waals surface area contributed by atoms with E-state index >= 15 is 0 Å². The normalized spacial score (nSPS) is 31.5. The molecule has 1 aromatic carbocycles. The predicted molar refractivity (Wildman–Crippen MR) is 70.9 cm³/mol. The fraction of sp³-hybridized carbons (Fsp3) is 0.571. The van der Waals surface area contributed by atoms with Crippen molar-refractivity contribution in [2.24, 2.45) is 0 Å². The number of benzene rings is 1. The monoisotopic (exact) mass is 265 g/mol. The number of fused-ring (bicyclic) bond motifs is 1. The van der Waals surface area contributed by atoms with Crippen LogP contribution in [0.4, 0.5) is 0 Å². The highest BCUT2D eigenvalue weighted by atomic mass is 32.2. The first-order chi connectivity index (χ1) is 8.60. The van der Waals surface area contributed by atoms with E-state index in [0.717, 1.165) is 18.4 Å². The molecule has 2 atom stereocenters. The Kier molecular flexibility index (Phi) is 2.94. The van der Waals surface area contributed by atoms with Gasteiger partial charge in [-0.2, -0.15) is 4.31 Å². The lowest BCUT2D eigenvalue weighted by atomic mass is 10.2. The van der Waals surface area contributed by atoms with Crippen LogP contribution < -0.4 is 0 Å². The maximum absolute atomic E-state index is 12.5. The van der Waals surface area contributed by atoms with Gasteiger partial charge in [0.1, 0.15) is 0 Å². The van der Waals surface area contributed by atoms with Crippen molar-refractivity contribution in [1.82, 2.24) is 4.31 Å². The summed E-state index contributed by atoms with van der Waals surface area (Å²) < 4.78 is 26.8. The number of hydrogen-bond donors (Lipinski definition) is 0. The van der Waals surface area contributed by atoms with E-state index in [4.69, 9.17) is 0 Å². The van der Waals surface area contributed by atoms with E-state index in [1.807, 2.05) is 19.1 Å². The van der Waals surface area contributed by atoms with Crippen LogP contribution in [-0.4, -0.2) is 24.8 Å². The Bertz CT molecular complexity index is 523. The SMILES string of the molecule is Cc1ccc(S(=O)(=O)N2C3CCCCCC32)cc1. The smallest absolute Gasteiger partial charge is 0.207 e. The van der Waals surface area contributed by atoms with E-state index in [1.165, 1.54) is 19.3 Å². The molecule has 1 saturated heterocycles. The Morgan fingerprint density at radius 1 is 1.00 bits per heavy atom. The fourth-order valence-electron chi connectivity index (χ4n) is 3.02. The summed E-state index contributed by atoms with van der Waals surface area (Å²) in [7, 11) is -3.25. The van der Waals surface area contributed by atoms with E-state index < -0.39 is 10.0 Å². The Labute approximate surface area is 109 Å². The number of nitrogens with zero attached hydrogens (tertiary/aromatic N) is 1. The minimum Gasteiger partial charge on any atom is -0.207 e. The molecule has 2 fully saturated rings. The largest absolute Gasteiger partial charge is 0.243 e. The predicted octanol–water partition coefficient (Wildman–Crippen LogP) is 2.70. The molecule has 0 radical (unpaired) electrons. The average molecular weight is 265 g/mol. The molecule has 18 heavy (non-hydrogen) atoms. The summed E-state index contributed by atoms with van der Waals surface area (Å²) in [6.07, 6.45) is 5.67. The third-order valence-corrected chi connectivity index (χ3v) is 6.07. The fourth-order valence-corrected chi connectivity index (χ4v) is 4.89. The van der Waals surface area contributed by atoms with Crippen molar-refractivity contribution in [1.29, 1.82) is 0 Å². The van der Waals surface area contributed by atoms with Gasteiger partial charge in [0.05, 0.1) is 4.90 Å². The molecule has 98 valence electrons. The zero-order valence-corrected chi connectivity index (χ0v) is 11.5. The maximum Gasteiger partial charge on any atom is 0.243 e. The lowest BCUT2D eigenvalue weighted by Crippen LogP contribution is -2.16. The van der Waals surface area contributed by atoms with Gasteiger partial charge in [-0.05, 0) is 31.9 Å². The van der Waals surface area contributed by atoms with Crippen LogP contribution in [0.25, 0.3) is 0 Å². The number of hydrogen-bond acceptors (Lipinski definition) is 2. The van der Waals surface area contributed by atoms with E-state index in [-0.39, 0.29) is 12.1 Å². The summed E-state index contributed by atoms with van der Waals surface area (Å²) in [4.78, 5) is 0.446. The van der Waals surface area contributed by atoms with Gasteiger partial charge in [0.2, 0.25) is 10.0 Å². The molecule has 1 aliphatic heterocycles. The maximum atomic E-state index is 12.5. The molecule has 4 heteroatoms. The first kappa shape index (κ1) is 12.2. The van der Waals surface area contributed by atoms with Crippen LogP contribution in [0.1, 0.15) is 37.7 Å². The summed E-state index contributed by atoms with van der Waals surface area (Å²) in [6, 6.07) is 7.74. The number of aryl methyl sites for hydroxylation is 1. The summed E-state index contributed by atoms with van der Waals surface area (Å²) >= 11 is 0. The molecular weight excluding hydrogens is 246 g/mol. The Morgan fingerprint density at radius 2 is 1.56 bits per heavy atom. The number of rotatable bonds is 2. The first-order valence-electron chi connectivity index (χ1n) is 6.71. The van der Waals surface area contributed by atoms with Crippen LogP contribution in [0, 0.1) is 6.92 Å². The molecule has 0 aromatic heterocycles. The summed E-state index contributed by atoms with van der Waals surface area (Å²) in [5.74, 6) is 0. The Balaban J connectivity index is 1.86. The highest BCUT2D eigenvalue weighted by Crippen LogP contribution is 2.43. The molecule has 1 heterocycles. The number of sulfonamides is 1. The van der Waals surface area contributed by atoms with Gasteiger partial charge in [-0.25, -0.2) is 8.42 Å². The minimum atomic E-state index is -3.25. The quantitative estimate of drug-likeness (QED) is 0.771. The second-order valence-corrected chi connectivity index (χ2v) is 7.26. The molecule has 0 amide bonds. The van der Waals surface area contributed by atoms with Gasteiger partial charge in [0.15, 0.2) is 0 Å². The molecule has 0 bridgehead atoms. The highest BCUT2D eigenvalue weighted by molar-refractivity contribution is 7.89. The van der Waals surface area contributed by atoms with Gasteiger partial charge in [0, 0.05) is 12.1 Å². The van der Waals surface area contributed by atoms with Crippen molar-refractivity contribution < 1.29 is 8.42 Å². The van der Waals surface area contributed by atoms with Gasteiger partial charge in [-0.3, -0.25) is 0 Å². The van der Waals surface area contributed by atoms with Crippen LogP contribution in [-0.2, 0) is 10.0 Å². The topological polar surface area (TPSA) is 37.1 Å². The molecule has 0 N–H and O–H groups in total. The van der Waals surface area contributed by atoms with E-state index in [0.29, 0.717) is 4.90 Å². The van der Waals surface area contributed by atoms with Gasteiger partial charge in [-0.1, -0.05) is 37.0 Å². The summed E-state index contributed by atoms with van der Waals surface area (Å²) in [6.45, 7) is 1.97. The van der Waals surface area contributed by atoms with Gasteiger partial charge in [-0.15, -0.1) is 0 Å². The van der Waals surface area contributed by atoms with Crippen molar-refractivity contribution in [3.8, 4) is 0 Å². The van der Waals surface area contributed by atoms with Crippen LogP contribution in [0.3, 0.4) is 0 Å². The molecule has 2 aliphatic rings. The molecule has 1 saturated carbocycles. The second-order valence-electron chi connectivity index (χ2n) is 5.42. The summed E-state index contributed by atoms with van der Waals surface area (Å²) in [5.41, 5.74) is 1.09. The molecule has 3 rings (SSSR count). The lowest BCUT2D eigenvalue weighted by molar-refractivity contribution is 0.516. The van der Waals surface area contributed by atoms with Crippen LogP contribution in [0.2, 0.25) is 0 Å². The third kappa shape index (κ3) is 1.97. The van der Waals surface area contributed by atoms with Gasteiger partial charge < -0.3 is 0 Å². The van der Waals surface area contributed by atoms with Crippen molar-refractivity contribution in [3.05, 3.63) is 29.8 Å². The van der Waals surface area contributed by atoms with Crippen molar-refractivity contribution in [3.63, 3.8) is 0 Å². The van der Waals surface area contributed by atoms with Crippen molar-refractivity contribution in [2.45, 2.75) is 56.0 Å². The van der Waals surface area contributed by atoms with E-state index in [9.17, 15) is 8.42 Å². The average Bonchev–Trinajstić information content (AvgIpc) is 3.04. The third-order valence-electron chi connectivity index (χ3n) is 4.10. The second kappa shape index (κ2) is 4.35. The molecule has 1 aliphatic carbocycles. The molecule has 1 aromatic rings. The zero-order valence-electron chi connectivity index (χ0n) is 10.7. The molecular formula is C14H19NO2S. The Hall–Kier alpha value is -0.870. The van der Waals surface area contributed by atoms with Crippen LogP contribution in [0.15, 0.2) is 29.2 Å². The lowest BCUT2D eigenvalue weighted by Gasteiger charge is -2.08. The van der Waals surface area contributed by atoms with E-state index in [2.05, 4.69) is 0 Å². The molecule has 0 spiro atoms. The van der Waals surface area contributed by atoms with Crippen LogP contribution in [0.5, 0.6) is 0 Å². The highest BCUT2D eigenvalue weighted by Gasteiger charge is 2.54. The zero-order chi connectivity index (χ0) is 12.8. The first-order valence-corrected chi connectivity index (χ1v) is 8.15. The summed E-state index contributed by atoms with van der Waals surface area (Å²) in [5, 5.41) is 0. The standard InChI is InChI=1S/C14H19NO2S/c1-11-7-9-12(10-8-11)18(16,17)15-13-5-3-2-4-6-14(13)15/h7-10,13-14H,2-6H2,1H3. The van der Waals surface area contributed by atoms with Crippen molar-refractivity contribution in [2.75, 3.05) is 0 Å².